The van der Waals surface area contributed by atoms with Gasteiger partial charge in [0.05, 0.1) is 18.5 Å². The zero-order valence-electron chi connectivity index (χ0n) is 16.4. The van der Waals surface area contributed by atoms with Gasteiger partial charge < -0.3 is 13.8 Å². The van der Waals surface area contributed by atoms with Gasteiger partial charge in [-0.25, -0.2) is 0 Å². The van der Waals surface area contributed by atoms with E-state index in [1.807, 2.05) is 18.2 Å². The summed E-state index contributed by atoms with van der Waals surface area (Å²) in [4.78, 5) is 12.5. The first-order chi connectivity index (χ1) is 14.1. The first-order valence-electron chi connectivity index (χ1n) is 9.43. The fourth-order valence-electron chi connectivity index (χ4n) is 2.79. The van der Waals surface area contributed by atoms with Crippen LogP contribution in [-0.2, 0) is 13.6 Å². The molecular formula is C23H23O5P. The Labute approximate surface area is 170 Å². The van der Waals surface area contributed by atoms with Crippen LogP contribution < -0.4 is 10.0 Å². The van der Waals surface area contributed by atoms with Crippen LogP contribution in [0.5, 0.6) is 11.5 Å². The Morgan fingerprint density at radius 1 is 0.724 bits per heavy atom. The van der Waals surface area contributed by atoms with E-state index in [9.17, 15) is 9.36 Å². The van der Waals surface area contributed by atoms with Crippen LogP contribution in [0.4, 0.5) is 0 Å². The van der Waals surface area contributed by atoms with Crippen LogP contribution in [-0.4, -0.2) is 19.0 Å². The number of hydrogen-bond acceptors (Lipinski definition) is 5. The summed E-state index contributed by atoms with van der Waals surface area (Å²) in [6.45, 7) is 4.14. The van der Waals surface area contributed by atoms with Gasteiger partial charge in [-0.05, 0) is 62.4 Å². The van der Waals surface area contributed by atoms with Crippen LogP contribution in [0.25, 0.3) is 0 Å². The minimum Gasteiger partial charge on any atom is -0.457 e. The van der Waals surface area contributed by atoms with Gasteiger partial charge in [-0.15, -0.1) is 0 Å². The maximum absolute atomic E-state index is 12.8. The van der Waals surface area contributed by atoms with Crippen LogP contribution in [0.15, 0.2) is 78.9 Å². The average Bonchev–Trinajstić information content (AvgIpc) is 2.75. The lowest BCUT2D eigenvalue weighted by Crippen LogP contribution is -2.10. The highest BCUT2D eigenvalue weighted by Gasteiger charge is 2.26. The molecule has 5 nitrogen and oxygen atoms in total. The molecule has 0 N–H and O–H groups in total. The first-order valence-corrected chi connectivity index (χ1v) is 11.0. The zero-order chi connectivity index (χ0) is 20.7. The maximum Gasteiger partial charge on any atom is 0.361 e. The summed E-state index contributed by atoms with van der Waals surface area (Å²) < 4.78 is 29.3. The van der Waals surface area contributed by atoms with Crippen molar-refractivity contribution < 1.29 is 23.1 Å². The second kappa shape index (κ2) is 9.66. The highest BCUT2D eigenvalue weighted by molar-refractivity contribution is 7.62. The molecule has 0 saturated heterocycles. The van der Waals surface area contributed by atoms with Crippen molar-refractivity contribution in [1.82, 2.24) is 0 Å². The van der Waals surface area contributed by atoms with Crippen molar-refractivity contribution in [3.8, 4) is 11.5 Å². The highest BCUT2D eigenvalue weighted by atomic mass is 31.2. The van der Waals surface area contributed by atoms with Crippen molar-refractivity contribution in [1.29, 1.82) is 0 Å². The van der Waals surface area contributed by atoms with E-state index in [2.05, 4.69) is 0 Å². The number of ether oxygens (including phenoxy) is 1. The van der Waals surface area contributed by atoms with Gasteiger partial charge in [-0.3, -0.25) is 9.36 Å². The second-order valence-electron chi connectivity index (χ2n) is 6.15. The van der Waals surface area contributed by atoms with Gasteiger partial charge >= 0.3 is 7.60 Å². The molecular weight excluding hydrogens is 387 g/mol. The molecule has 0 radical (unpaired) electrons. The Kier molecular flexibility index (Phi) is 6.99. The third-order valence-corrected chi connectivity index (χ3v) is 6.27. The van der Waals surface area contributed by atoms with E-state index in [0.717, 1.165) is 0 Å². The number of benzene rings is 3. The van der Waals surface area contributed by atoms with Gasteiger partial charge in [0.2, 0.25) is 0 Å². The fourth-order valence-corrected chi connectivity index (χ4v) is 4.36. The predicted octanol–water partition coefficient (Wildman–Crippen LogP) is 5.60. The highest BCUT2D eigenvalue weighted by Crippen LogP contribution is 2.47. The van der Waals surface area contributed by atoms with Crippen molar-refractivity contribution in [3.63, 3.8) is 0 Å². The molecule has 150 valence electrons. The van der Waals surface area contributed by atoms with Crippen LogP contribution >= 0.6 is 7.60 Å². The van der Waals surface area contributed by atoms with E-state index in [1.165, 1.54) is 0 Å². The van der Waals surface area contributed by atoms with Crippen molar-refractivity contribution in [2.45, 2.75) is 13.8 Å². The Hall–Kier alpha value is -2.72. The number of ketones is 1. The monoisotopic (exact) mass is 410 g/mol. The number of carbonyl (C=O) groups is 1. The SMILES string of the molecule is CCOP(=O)(OCC)c1ccc(Oc2ccc(C(=O)c3ccccc3)cc2)cc1. The quantitative estimate of drug-likeness (QED) is 0.339. The maximum atomic E-state index is 12.8. The summed E-state index contributed by atoms with van der Waals surface area (Å²) in [6, 6.07) is 22.9. The van der Waals surface area contributed by atoms with E-state index >= 15 is 0 Å². The molecule has 0 saturated carbocycles. The standard InChI is InChI=1S/C23H23O5P/c1-3-26-29(25,27-4-2)22-16-14-21(15-17-22)28-20-12-10-19(11-13-20)23(24)18-8-6-5-7-9-18/h5-17H,3-4H2,1-2H3. The lowest BCUT2D eigenvalue weighted by molar-refractivity contribution is 0.103. The van der Waals surface area contributed by atoms with Crippen molar-refractivity contribution in [2.75, 3.05) is 13.2 Å². The minimum absolute atomic E-state index is 0.0379. The Bertz CT molecular complexity index is 972. The molecule has 0 unspecified atom stereocenters. The van der Waals surface area contributed by atoms with Gasteiger partial charge in [-0.2, -0.15) is 0 Å². The van der Waals surface area contributed by atoms with Crippen LogP contribution in [0, 0.1) is 0 Å². The predicted molar refractivity (Wildman–Crippen MR) is 113 cm³/mol. The summed E-state index contributed by atoms with van der Waals surface area (Å²) in [6.07, 6.45) is 0. The lowest BCUT2D eigenvalue weighted by Gasteiger charge is -2.17. The zero-order valence-corrected chi connectivity index (χ0v) is 17.3. The molecule has 0 amide bonds. The third kappa shape index (κ3) is 5.21. The Morgan fingerprint density at radius 2 is 1.21 bits per heavy atom. The fraction of sp³-hybridized carbons (Fsp3) is 0.174. The van der Waals surface area contributed by atoms with Crippen LogP contribution in [0.3, 0.4) is 0 Å². The van der Waals surface area contributed by atoms with Gasteiger partial charge in [0, 0.05) is 11.1 Å². The summed E-state index contributed by atoms with van der Waals surface area (Å²) in [7, 11) is -3.31. The molecule has 0 atom stereocenters. The lowest BCUT2D eigenvalue weighted by atomic mass is 10.0. The summed E-state index contributed by atoms with van der Waals surface area (Å²) in [5, 5.41) is 0.484. The van der Waals surface area contributed by atoms with E-state index < -0.39 is 7.60 Å². The number of rotatable bonds is 9. The number of carbonyl (C=O) groups excluding carboxylic acids is 1. The Morgan fingerprint density at radius 3 is 1.72 bits per heavy atom. The van der Waals surface area contributed by atoms with Gasteiger partial charge in [0.1, 0.15) is 11.5 Å². The van der Waals surface area contributed by atoms with E-state index in [1.54, 1.807) is 74.5 Å². The smallest absolute Gasteiger partial charge is 0.361 e. The van der Waals surface area contributed by atoms with Crippen LogP contribution in [0.1, 0.15) is 29.8 Å². The second-order valence-corrected chi connectivity index (χ2v) is 8.18. The summed E-state index contributed by atoms with van der Waals surface area (Å²) in [5.74, 6) is 1.14. The molecule has 6 heteroatoms. The molecule has 0 aliphatic carbocycles. The van der Waals surface area contributed by atoms with Gasteiger partial charge in [-0.1, -0.05) is 30.3 Å². The van der Waals surface area contributed by atoms with Crippen molar-refractivity contribution >= 4 is 18.7 Å². The van der Waals surface area contributed by atoms with Gasteiger partial charge in [0.25, 0.3) is 0 Å². The number of hydrogen-bond donors (Lipinski definition) is 0. The van der Waals surface area contributed by atoms with Gasteiger partial charge in [0.15, 0.2) is 5.78 Å². The normalized spacial score (nSPS) is 11.2. The first kappa shape index (κ1) is 21.0. The molecule has 3 rings (SSSR count). The summed E-state index contributed by atoms with van der Waals surface area (Å²) in [5.41, 5.74) is 1.23. The third-order valence-electron chi connectivity index (χ3n) is 4.14. The Balaban J connectivity index is 1.70. The topological polar surface area (TPSA) is 61.8 Å². The molecule has 0 aliphatic rings. The molecule has 0 aromatic heterocycles. The van der Waals surface area contributed by atoms with E-state index in [4.69, 9.17) is 13.8 Å². The average molecular weight is 410 g/mol. The van der Waals surface area contributed by atoms with E-state index in [-0.39, 0.29) is 5.78 Å². The van der Waals surface area contributed by atoms with Crippen molar-refractivity contribution in [2.24, 2.45) is 0 Å². The molecule has 0 aliphatic heterocycles. The summed E-state index contributed by atoms with van der Waals surface area (Å²) >= 11 is 0. The largest absolute Gasteiger partial charge is 0.457 e. The van der Waals surface area contributed by atoms with Crippen LogP contribution in [0.2, 0.25) is 0 Å². The molecule has 0 bridgehead atoms. The molecule has 29 heavy (non-hydrogen) atoms. The van der Waals surface area contributed by atoms with E-state index in [0.29, 0.717) is 41.1 Å². The molecule has 0 heterocycles. The molecule has 3 aromatic carbocycles. The molecule has 0 fully saturated rings. The minimum atomic E-state index is -3.31. The van der Waals surface area contributed by atoms with Crippen molar-refractivity contribution in [3.05, 3.63) is 90.0 Å². The molecule has 3 aromatic rings. The molecule has 0 spiro atoms.